The largest absolute Gasteiger partial charge is 0.396 e. The van der Waals surface area contributed by atoms with Crippen LogP contribution < -0.4 is 16.0 Å². The van der Waals surface area contributed by atoms with E-state index in [0.717, 1.165) is 18.1 Å². The molecule has 0 aliphatic carbocycles. The molecule has 6 nitrogen and oxygen atoms in total. The molecule has 0 atom stereocenters. The molecule has 1 aromatic rings. The van der Waals surface area contributed by atoms with Gasteiger partial charge in [0.25, 0.3) is 5.91 Å². The highest BCUT2D eigenvalue weighted by molar-refractivity contribution is 7.19. The van der Waals surface area contributed by atoms with Gasteiger partial charge in [-0.25, -0.2) is 0 Å². The van der Waals surface area contributed by atoms with Crippen LogP contribution >= 0.6 is 11.3 Å². The number of thiophene rings is 1. The minimum Gasteiger partial charge on any atom is -0.396 e. The number of anilines is 2. The van der Waals surface area contributed by atoms with Crippen molar-refractivity contribution < 1.29 is 4.79 Å². The van der Waals surface area contributed by atoms with E-state index in [1.54, 1.807) is 0 Å². The summed E-state index contributed by atoms with van der Waals surface area (Å²) < 4.78 is 0. The van der Waals surface area contributed by atoms with Crippen LogP contribution in [0.2, 0.25) is 0 Å². The Bertz CT molecular complexity index is 518. The SMILES string of the molecule is CCNC(=O)c1sc(N(C)CCN(C)C)c(C#N)c1N. The van der Waals surface area contributed by atoms with Crippen molar-refractivity contribution in [3.63, 3.8) is 0 Å². The van der Waals surface area contributed by atoms with Crippen LogP contribution in [0.4, 0.5) is 10.7 Å². The maximum atomic E-state index is 11.9. The molecular formula is C13H21N5OS. The number of carbonyl (C=O) groups is 1. The molecule has 0 saturated heterocycles. The van der Waals surface area contributed by atoms with E-state index in [1.165, 1.54) is 11.3 Å². The first-order chi connectivity index (χ1) is 9.42. The molecule has 0 fully saturated rings. The Balaban J connectivity index is 3.05. The molecule has 0 aliphatic rings. The third-order valence-corrected chi connectivity index (χ3v) is 4.13. The number of rotatable bonds is 6. The number of nitrogens with two attached hydrogens (primary N) is 1. The highest BCUT2D eigenvalue weighted by atomic mass is 32.1. The van der Waals surface area contributed by atoms with Gasteiger partial charge >= 0.3 is 0 Å². The van der Waals surface area contributed by atoms with Gasteiger partial charge in [-0.2, -0.15) is 5.26 Å². The van der Waals surface area contributed by atoms with Gasteiger partial charge in [0, 0.05) is 26.7 Å². The van der Waals surface area contributed by atoms with Crippen LogP contribution in [-0.4, -0.2) is 51.6 Å². The number of hydrogen-bond acceptors (Lipinski definition) is 6. The Labute approximate surface area is 123 Å². The fourth-order valence-corrected chi connectivity index (χ4v) is 2.74. The first kappa shape index (κ1) is 16.3. The lowest BCUT2D eigenvalue weighted by Crippen LogP contribution is -2.28. The lowest BCUT2D eigenvalue weighted by molar-refractivity contribution is 0.0960. The molecule has 0 aromatic carbocycles. The second-order valence-electron chi connectivity index (χ2n) is 4.72. The normalized spacial score (nSPS) is 10.4. The molecule has 0 spiro atoms. The molecule has 0 aliphatic heterocycles. The van der Waals surface area contributed by atoms with E-state index in [1.807, 2.05) is 33.0 Å². The zero-order chi connectivity index (χ0) is 15.3. The lowest BCUT2D eigenvalue weighted by Gasteiger charge is -2.20. The number of nitrogens with zero attached hydrogens (tertiary/aromatic N) is 3. The molecule has 0 bridgehead atoms. The van der Waals surface area contributed by atoms with Crippen LogP contribution in [0.1, 0.15) is 22.2 Å². The van der Waals surface area contributed by atoms with E-state index < -0.39 is 0 Å². The molecule has 110 valence electrons. The third-order valence-electron chi connectivity index (χ3n) is 2.81. The summed E-state index contributed by atoms with van der Waals surface area (Å²) in [5.41, 5.74) is 6.59. The first-order valence-corrected chi connectivity index (χ1v) is 7.20. The van der Waals surface area contributed by atoms with Crippen molar-refractivity contribution in [3.8, 4) is 6.07 Å². The number of amides is 1. The fourth-order valence-electron chi connectivity index (χ4n) is 1.67. The molecular weight excluding hydrogens is 274 g/mol. The van der Waals surface area contributed by atoms with Crippen molar-refractivity contribution in [1.82, 2.24) is 10.2 Å². The number of nitrogens with one attached hydrogen (secondary N) is 1. The summed E-state index contributed by atoms with van der Waals surface area (Å²) in [6.07, 6.45) is 0. The van der Waals surface area contributed by atoms with Crippen molar-refractivity contribution >= 4 is 27.9 Å². The van der Waals surface area contributed by atoms with Crippen LogP contribution in [-0.2, 0) is 0 Å². The highest BCUT2D eigenvalue weighted by Crippen LogP contribution is 2.37. The highest BCUT2D eigenvalue weighted by Gasteiger charge is 2.22. The molecule has 0 radical (unpaired) electrons. The Hall–Kier alpha value is -1.78. The Morgan fingerprint density at radius 1 is 1.40 bits per heavy atom. The van der Waals surface area contributed by atoms with Gasteiger partial charge in [0.2, 0.25) is 0 Å². The predicted octanol–water partition coefficient (Wildman–Crippen LogP) is 0.949. The van der Waals surface area contributed by atoms with Crippen LogP contribution in [0.5, 0.6) is 0 Å². The third kappa shape index (κ3) is 3.62. The van der Waals surface area contributed by atoms with Crippen LogP contribution in [0.15, 0.2) is 0 Å². The standard InChI is InChI=1S/C13H21N5OS/c1-5-16-12(19)11-10(15)9(8-14)13(20-11)18(4)7-6-17(2)3/h5-7,15H2,1-4H3,(H,16,19). The number of nitrogen functional groups attached to an aromatic ring is 1. The molecule has 7 heteroatoms. The van der Waals surface area contributed by atoms with Crippen molar-refractivity contribution in [2.45, 2.75) is 6.92 Å². The quantitative estimate of drug-likeness (QED) is 0.816. The van der Waals surface area contributed by atoms with E-state index in [9.17, 15) is 10.1 Å². The number of likely N-dealkylation sites (N-methyl/N-ethyl adjacent to an activating group) is 2. The van der Waals surface area contributed by atoms with Crippen LogP contribution in [0.25, 0.3) is 0 Å². The van der Waals surface area contributed by atoms with Gasteiger partial charge in [-0.15, -0.1) is 11.3 Å². The molecule has 20 heavy (non-hydrogen) atoms. The van der Waals surface area contributed by atoms with E-state index >= 15 is 0 Å². The summed E-state index contributed by atoms with van der Waals surface area (Å²) in [5, 5.41) is 12.7. The summed E-state index contributed by atoms with van der Waals surface area (Å²) in [7, 11) is 5.88. The average molecular weight is 295 g/mol. The smallest absolute Gasteiger partial charge is 0.263 e. The Kier molecular flexibility index (Phi) is 5.80. The summed E-state index contributed by atoms with van der Waals surface area (Å²) in [4.78, 5) is 16.4. The monoisotopic (exact) mass is 295 g/mol. The maximum Gasteiger partial charge on any atom is 0.263 e. The molecule has 1 aromatic heterocycles. The van der Waals surface area contributed by atoms with Gasteiger partial charge < -0.3 is 20.9 Å². The summed E-state index contributed by atoms with van der Waals surface area (Å²) >= 11 is 1.27. The minimum absolute atomic E-state index is 0.223. The van der Waals surface area contributed by atoms with E-state index in [-0.39, 0.29) is 11.6 Å². The second kappa shape index (κ2) is 7.12. The first-order valence-electron chi connectivity index (χ1n) is 6.38. The van der Waals surface area contributed by atoms with E-state index in [4.69, 9.17) is 5.73 Å². The van der Waals surface area contributed by atoms with Gasteiger partial charge in [0.1, 0.15) is 21.5 Å². The zero-order valence-electron chi connectivity index (χ0n) is 12.4. The topological polar surface area (TPSA) is 85.4 Å². The average Bonchev–Trinajstić information content (AvgIpc) is 2.73. The zero-order valence-corrected chi connectivity index (χ0v) is 13.2. The van der Waals surface area contributed by atoms with Crippen molar-refractivity contribution in [3.05, 3.63) is 10.4 Å². The molecule has 0 saturated carbocycles. The summed E-state index contributed by atoms with van der Waals surface area (Å²) in [5.74, 6) is -0.223. The van der Waals surface area contributed by atoms with Gasteiger partial charge in [-0.1, -0.05) is 0 Å². The fraction of sp³-hybridized carbons (Fsp3) is 0.538. The maximum absolute atomic E-state index is 11.9. The second-order valence-corrected chi connectivity index (χ2v) is 5.72. The minimum atomic E-state index is -0.223. The van der Waals surface area contributed by atoms with Crippen molar-refractivity contribution in [2.75, 3.05) is 51.4 Å². The number of nitriles is 1. The van der Waals surface area contributed by atoms with Crippen LogP contribution in [0, 0.1) is 11.3 Å². The van der Waals surface area contributed by atoms with Crippen LogP contribution in [0.3, 0.4) is 0 Å². The van der Waals surface area contributed by atoms with Gasteiger partial charge in [0.05, 0.1) is 5.69 Å². The van der Waals surface area contributed by atoms with Gasteiger partial charge in [0.15, 0.2) is 0 Å². The van der Waals surface area contributed by atoms with E-state index in [0.29, 0.717) is 17.0 Å². The Morgan fingerprint density at radius 3 is 2.55 bits per heavy atom. The molecule has 1 amide bonds. The Morgan fingerprint density at radius 2 is 2.05 bits per heavy atom. The lowest BCUT2D eigenvalue weighted by atomic mass is 10.2. The molecule has 3 N–H and O–H groups in total. The van der Waals surface area contributed by atoms with E-state index in [2.05, 4.69) is 16.3 Å². The summed E-state index contributed by atoms with van der Waals surface area (Å²) in [6, 6.07) is 2.10. The summed E-state index contributed by atoms with van der Waals surface area (Å²) in [6.45, 7) is 3.99. The van der Waals surface area contributed by atoms with Gasteiger partial charge in [-0.05, 0) is 21.0 Å². The van der Waals surface area contributed by atoms with Crippen molar-refractivity contribution in [1.29, 1.82) is 5.26 Å². The van der Waals surface area contributed by atoms with Gasteiger partial charge in [-0.3, -0.25) is 4.79 Å². The number of hydrogen-bond donors (Lipinski definition) is 2. The molecule has 0 unspecified atom stereocenters. The molecule has 1 rings (SSSR count). The molecule has 1 heterocycles. The number of carbonyl (C=O) groups excluding carboxylic acids is 1. The predicted molar refractivity (Wildman–Crippen MR) is 83.3 cm³/mol. The van der Waals surface area contributed by atoms with Crippen molar-refractivity contribution in [2.24, 2.45) is 0 Å².